The van der Waals surface area contributed by atoms with Gasteiger partial charge in [-0.2, -0.15) is 0 Å². The van der Waals surface area contributed by atoms with Gasteiger partial charge in [-0.3, -0.25) is 15.1 Å². The number of amides is 1. The summed E-state index contributed by atoms with van der Waals surface area (Å²) in [6.07, 6.45) is 10.6. The van der Waals surface area contributed by atoms with Gasteiger partial charge in [0.2, 0.25) is 5.91 Å². The van der Waals surface area contributed by atoms with Crippen molar-refractivity contribution in [1.29, 1.82) is 0 Å². The summed E-state index contributed by atoms with van der Waals surface area (Å²) in [7, 11) is 0. The van der Waals surface area contributed by atoms with E-state index in [1.54, 1.807) is 18.5 Å². The van der Waals surface area contributed by atoms with Crippen LogP contribution in [0.3, 0.4) is 0 Å². The maximum Gasteiger partial charge on any atom is 0.233 e. The summed E-state index contributed by atoms with van der Waals surface area (Å²) in [5.74, 6) is -0.285. The van der Waals surface area contributed by atoms with Gasteiger partial charge in [0.05, 0.1) is 43.2 Å². The first-order chi connectivity index (χ1) is 16.6. The van der Waals surface area contributed by atoms with E-state index < -0.39 is 23.8 Å². The van der Waals surface area contributed by atoms with Gasteiger partial charge in [-0.1, -0.05) is 44.9 Å². The zero-order valence-electron chi connectivity index (χ0n) is 19.7. The van der Waals surface area contributed by atoms with Crippen LogP contribution in [0.15, 0.2) is 18.5 Å². The molecular weight excluding hydrogens is 439 g/mol. The largest absolute Gasteiger partial charge is 0.483 e. The number of carbonyl (C=O) groups is 1. The molecule has 1 spiro atoms. The first-order valence-corrected chi connectivity index (χ1v) is 12.8. The van der Waals surface area contributed by atoms with Crippen molar-refractivity contribution >= 4 is 11.6 Å². The Kier molecular flexibility index (Phi) is 7.31. The minimum atomic E-state index is -1.02. The average Bonchev–Trinajstić information content (AvgIpc) is 3.15. The van der Waals surface area contributed by atoms with Crippen LogP contribution in [-0.2, 0) is 9.53 Å². The van der Waals surface area contributed by atoms with Crippen molar-refractivity contribution in [2.75, 3.05) is 25.1 Å². The predicted molar refractivity (Wildman–Crippen MR) is 126 cm³/mol. The highest BCUT2D eigenvalue weighted by atomic mass is 19.1. The lowest BCUT2D eigenvalue weighted by atomic mass is 9.78. The maximum absolute atomic E-state index is 15.6. The van der Waals surface area contributed by atoms with Crippen LogP contribution in [0.4, 0.5) is 10.1 Å². The molecule has 3 aliphatic heterocycles. The number of carbonyl (C=O) groups excluding carboxylic acids is 1. The molecule has 5 rings (SSSR count). The van der Waals surface area contributed by atoms with E-state index in [0.717, 1.165) is 38.5 Å². The summed E-state index contributed by atoms with van der Waals surface area (Å²) < 4.78 is 26.7. The van der Waals surface area contributed by atoms with Crippen molar-refractivity contribution in [2.24, 2.45) is 11.7 Å². The summed E-state index contributed by atoms with van der Waals surface area (Å²) in [4.78, 5) is 17.6. The highest BCUT2D eigenvalue weighted by Crippen LogP contribution is 2.41. The minimum Gasteiger partial charge on any atom is -0.483 e. The molecule has 3 saturated heterocycles. The van der Waals surface area contributed by atoms with Gasteiger partial charge in [0.15, 0.2) is 0 Å². The normalized spacial score (nSPS) is 32.5. The molecule has 34 heavy (non-hydrogen) atoms. The molecule has 1 saturated carbocycles. The molecule has 4 atom stereocenters. The molecular formula is C24H37FN6O3. The molecule has 1 aromatic heterocycles. The Morgan fingerprint density at radius 3 is 2.59 bits per heavy atom. The number of aromatic nitrogens is 1. The molecule has 0 radical (unpaired) electrons. The number of alkyl halides is 1. The van der Waals surface area contributed by atoms with Crippen LogP contribution in [0, 0.1) is 5.92 Å². The molecule has 1 aliphatic carbocycles. The smallest absolute Gasteiger partial charge is 0.233 e. The van der Waals surface area contributed by atoms with E-state index in [1.807, 2.05) is 5.01 Å². The van der Waals surface area contributed by atoms with E-state index in [0.29, 0.717) is 24.7 Å². The Morgan fingerprint density at radius 2 is 1.91 bits per heavy atom. The van der Waals surface area contributed by atoms with Crippen molar-refractivity contribution in [3.63, 3.8) is 0 Å². The van der Waals surface area contributed by atoms with Gasteiger partial charge < -0.3 is 20.5 Å². The van der Waals surface area contributed by atoms with E-state index in [-0.39, 0.29) is 24.7 Å². The first kappa shape index (κ1) is 23.9. The monoisotopic (exact) mass is 476 g/mol. The highest BCUT2D eigenvalue weighted by molar-refractivity contribution is 5.94. The number of nitrogens with zero attached hydrogens (tertiary/aromatic N) is 2. The second-order valence-electron chi connectivity index (χ2n) is 10.1. The van der Waals surface area contributed by atoms with Crippen molar-refractivity contribution in [1.82, 2.24) is 20.7 Å². The average molecular weight is 477 g/mol. The summed E-state index contributed by atoms with van der Waals surface area (Å²) >= 11 is 0. The van der Waals surface area contributed by atoms with Gasteiger partial charge in [-0.05, 0) is 12.8 Å². The van der Waals surface area contributed by atoms with E-state index in [4.69, 9.17) is 15.2 Å². The number of halogens is 1. The lowest BCUT2D eigenvalue weighted by molar-refractivity contribution is -0.125. The fraction of sp³-hybridized carbons (Fsp3) is 0.750. The Labute approximate surface area is 200 Å². The molecule has 4 aliphatic rings. The van der Waals surface area contributed by atoms with E-state index in [1.165, 1.54) is 19.3 Å². The van der Waals surface area contributed by atoms with E-state index in [9.17, 15) is 4.79 Å². The number of hydrogen-bond donors (Lipinski definition) is 4. The van der Waals surface area contributed by atoms with Crippen LogP contribution in [0.5, 0.6) is 5.75 Å². The molecule has 0 bridgehead atoms. The highest BCUT2D eigenvalue weighted by Gasteiger charge is 2.57. The number of ether oxygens (including phenoxy) is 2. The maximum atomic E-state index is 15.6. The zero-order valence-corrected chi connectivity index (χ0v) is 19.7. The number of fused-ring (bicyclic) bond motifs is 2. The van der Waals surface area contributed by atoms with Crippen LogP contribution in [0.25, 0.3) is 0 Å². The van der Waals surface area contributed by atoms with Gasteiger partial charge in [0.25, 0.3) is 0 Å². The van der Waals surface area contributed by atoms with Crippen LogP contribution in [-0.4, -0.2) is 65.8 Å². The van der Waals surface area contributed by atoms with Crippen molar-refractivity contribution in [2.45, 2.75) is 87.9 Å². The number of nitrogens with one attached hydrogen (secondary N) is 3. The molecule has 0 aromatic carbocycles. The zero-order chi connectivity index (χ0) is 23.5. The lowest BCUT2D eigenvalue weighted by Gasteiger charge is -2.51. The molecule has 1 amide bonds. The van der Waals surface area contributed by atoms with Crippen molar-refractivity contribution in [3.8, 4) is 5.75 Å². The third-order valence-electron chi connectivity index (χ3n) is 7.82. The second kappa shape index (κ2) is 10.4. The van der Waals surface area contributed by atoms with Gasteiger partial charge in [-0.25, -0.2) is 14.8 Å². The minimum absolute atomic E-state index is 0.0297. The number of hydrogen-bond acceptors (Lipinski definition) is 8. The third-order valence-corrected chi connectivity index (χ3v) is 7.82. The lowest BCUT2D eigenvalue weighted by Crippen LogP contribution is -2.71. The Hall–Kier alpha value is -1.85. The molecule has 4 heterocycles. The number of hydrazine groups is 1. The fourth-order valence-corrected chi connectivity index (χ4v) is 5.85. The van der Waals surface area contributed by atoms with Crippen LogP contribution in [0.2, 0.25) is 0 Å². The SMILES string of the molecule is NC1NN2C(NCC(F)C23CCCCCCCCC3)C1C(=O)Nc1cnccc1OC1COC1. The number of rotatable bonds is 4. The van der Waals surface area contributed by atoms with Gasteiger partial charge >= 0.3 is 0 Å². The molecule has 10 heteroatoms. The summed E-state index contributed by atoms with van der Waals surface area (Å²) in [5.41, 5.74) is 9.61. The Morgan fingerprint density at radius 1 is 1.21 bits per heavy atom. The molecule has 4 fully saturated rings. The van der Waals surface area contributed by atoms with Crippen LogP contribution >= 0.6 is 0 Å². The quantitative estimate of drug-likeness (QED) is 0.522. The Bertz CT molecular complexity index is 846. The summed E-state index contributed by atoms with van der Waals surface area (Å²) in [6.45, 7) is 1.28. The standard InChI is InChI=1S/C24H37FN6O3/c25-19-13-28-22-20(23(32)29-17-12-27-11-8-18(17)34-16-14-33-15-16)21(26)30-31(22)24(19)9-6-4-2-1-3-5-7-10-24/h8,11-12,16,19-22,28,30H,1-7,9-10,13-15,26H2,(H,29,32). The van der Waals surface area contributed by atoms with Crippen LogP contribution in [0.1, 0.15) is 57.8 Å². The van der Waals surface area contributed by atoms with Gasteiger partial charge in [0, 0.05) is 18.8 Å². The van der Waals surface area contributed by atoms with Crippen LogP contribution < -0.4 is 26.5 Å². The van der Waals surface area contributed by atoms with Crippen molar-refractivity contribution < 1.29 is 18.7 Å². The molecule has 1 aromatic rings. The number of anilines is 1. The Balaban J connectivity index is 1.33. The summed E-state index contributed by atoms with van der Waals surface area (Å²) in [6, 6.07) is 1.73. The van der Waals surface area contributed by atoms with Gasteiger partial charge in [-0.15, -0.1) is 0 Å². The number of nitrogens with two attached hydrogens (primary N) is 1. The van der Waals surface area contributed by atoms with Crippen molar-refractivity contribution in [3.05, 3.63) is 18.5 Å². The molecule has 188 valence electrons. The fourth-order valence-electron chi connectivity index (χ4n) is 5.85. The van der Waals surface area contributed by atoms with E-state index >= 15 is 4.39 Å². The summed E-state index contributed by atoms with van der Waals surface area (Å²) in [5, 5.41) is 8.19. The second-order valence-corrected chi connectivity index (χ2v) is 10.1. The third kappa shape index (κ3) is 4.66. The van der Waals surface area contributed by atoms with Gasteiger partial charge in [0.1, 0.15) is 23.7 Å². The topological polar surface area (TPSA) is 114 Å². The van der Waals surface area contributed by atoms with E-state index in [2.05, 4.69) is 21.0 Å². The predicted octanol–water partition coefficient (Wildman–Crippen LogP) is 2.05. The molecule has 5 N–H and O–H groups in total. The number of pyridine rings is 1. The molecule has 4 unspecified atom stereocenters. The molecule has 9 nitrogen and oxygen atoms in total. The first-order valence-electron chi connectivity index (χ1n) is 12.8.